The van der Waals surface area contributed by atoms with Crippen LogP contribution in [-0.2, 0) is 4.79 Å². The van der Waals surface area contributed by atoms with E-state index in [0.29, 0.717) is 5.78 Å². The summed E-state index contributed by atoms with van der Waals surface area (Å²) in [6.45, 7) is 2.13. The molecule has 2 aliphatic carbocycles. The van der Waals surface area contributed by atoms with Gasteiger partial charge in [-0.15, -0.1) is 0 Å². The van der Waals surface area contributed by atoms with E-state index in [1.165, 1.54) is 12.8 Å². The van der Waals surface area contributed by atoms with Crippen LogP contribution in [-0.4, -0.2) is 5.78 Å². The molecule has 0 aromatic heterocycles. The number of carbonyl (C=O) groups excluding carboxylic acids is 1. The highest BCUT2D eigenvalue weighted by Gasteiger charge is 2.47. The number of hydrogen-bond acceptors (Lipinski definition) is 1. The van der Waals surface area contributed by atoms with Gasteiger partial charge in [0, 0.05) is 11.8 Å². The average molecular weight is 124 g/mol. The fraction of sp³-hybridized carbons (Fsp3) is 0.875. The molecule has 9 heavy (non-hydrogen) atoms. The third kappa shape index (κ3) is 0.577. The van der Waals surface area contributed by atoms with Crippen molar-refractivity contribution in [3.63, 3.8) is 0 Å². The summed E-state index contributed by atoms with van der Waals surface area (Å²) in [5.74, 6) is 1.29. The Morgan fingerprint density at radius 2 is 2.44 bits per heavy atom. The fourth-order valence-electron chi connectivity index (χ4n) is 2.30. The van der Waals surface area contributed by atoms with Crippen molar-refractivity contribution in [1.82, 2.24) is 0 Å². The number of rotatable bonds is 0. The van der Waals surface area contributed by atoms with E-state index in [1.54, 1.807) is 0 Å². The van der Waals surface area contributed by atoms with Gasteiger partial charge in [0.05, 0.1) is 0 Å². The van der Waals surface area contributed by atoms with Crippen molar-refractivity contribution in [2.24, 2.45) is 11.3 Å². The number of Topliss-reactive ketones (excluding diaryl/α,β-unsaturated/α-hetero) is 1. The fourth-order valence-corrected chi connectivity index (χ4v) is 2.30. The van der Waals surface area contributed by atoms with Gasteiger partial charge in [0.25, 0.3) is 0 Å². The predicted molar refractivity (Wildman–Crippen MR) is 35.1 cm³/mol. The number of ketones is 1. The van der Waals surface area contributed by atoms with Crippen molar-refractivity contribution in [3.05, 3.63) is 0 Å². The highest BCUT2D eigenvalue weighted by Crippen LogP contribution is 2.50. The number of carbonyl (C=O) groups is 1. The van der Waals surface area contributed by atoms with E-state index in [0.717, 1.165) is 18.8 Å². The molecular weight excluding hydrogens is 112 g/mol. The molecule has 2 saturated carbocycles. The second-order valence-corrected chi connectivity index (χ2v) is 3.80. The molecule has 0 aromatic carbocycles. The molecule has 2 fully saturated rings. The van der Waals surface area contributed by atoms with Crippen LogP contribution in [0.25, 0.3) is 0 Å². The van der Waals surface area contributed by atoms with E-state index < -0.39 is 0 Å². The van der Waals surface area contributed by atoms with Crippen LogP contribution in [0, 0.1) is 11.3 Å². The Hall–Kier alpha value is -0.330. The summed E-state index contributed by atoms with van der Waals surface area (Å²) < 4.78 is 0. The first kappa shape index (κ1) is 5.45. The molecule has 0 spiro atoms. The van der Waals surface area contributed by atoms with E-state index in [4.69, 9.17) is 0 Å². The highest BCUT2D eigenvalue weighted by atomic mass is 16.1. The lowest BCUT2D eigenvalue weighted by molar-refractivity contribution is -0.126. The van der Waals surface area contributed by atoms with Gasteiger partial charge in [-0.3, -0.25) is 4.79 Å². The topological polar surface area (TPSA) is 17.1 Å². The van der Waals surface area contributed by atoms with Gasteiger partial charge in [-0.25, -0.2) is 0 Å². The SMILES string of the molecule is CC12CCC(CC1=O)C2. The van der Waals surface area contributed by atoms with Crippen LogP contribution < -0.4 is 0 Å². The molecule has 2 unspecified atom stereocenters. The van der Waals surface area contributed by atoms with Crippen LogP contribution in [0.15, 0.2) is 0 Å². The quantitative estimate of drug-likeness (QED) is 0.481. The van der Waals surface area contributed by atoms with E-state index in [-0.39, 0.29) is 5.41 Å². The summed E-state index contributed by atoms with van der Waals surface area (Å²) in [5, 5.41) is 0. The van der Waals surface area contributed by atoms with Gasteiger partial charge in [0.2, 0.25) is 0 Å². The minimum Gasteiger partial charge on any atom is -0.299 e. The molecule has 0 radical (unpaired) electrons. The van der Waals surface area contributed by atoms with Crippen molar-refractivity contribution >= 4 is 5.78 Å². The Morgan fingerprint density at radius 3 is 2.67 bits per heavy atom. The van der Waals surface area contributed by atoms with Crippen molar-refractivity contribution < 1.29 is 4.79 Å². The van der Waals surface area contributed by atoms with Crippen LogP contribution in [0.2, 0.25) is 0 Å². The Morgan fingerprint density at radius 1 is 1.67 bits per heavy atom. The third-order valence-electron chi connectivity index (χ3n) is 2.99. The summed E-state index contributed by atoms with van der Waals surface area (Å²) in [6.07, 6.45) is 4.54. The molecule has 50 valence electrons. The van der Waals surface area contributed by atoms with Crippen LogP contribution in [0.3, 0.4) is 0 Å². The normalized spacial score (nSPS) is 48.6. The first-order valence-corrected chi connectivity index (χ1v) is 3.74. The maximum atomic E-state index is 11.2. The van der Waals surface area contributed by atoms with Crippen molar-refractivity contribution in [1.29, 1.82) is 0 Å². The monoisotopic (exact) mass is 124 g/mol. The second kappa shape index (κ2) is 1.39. The highest BCUT2D eigenvalue weighted by molar-refractivity contribution is 5.87. The lowest BCUT2D eigenvalue weighted by Gasteiger charge is -2.17. The minimum atomic E-state index is 0.130. The zero-order chi connectivity index (χ0) is 6.48. The average Bonchev–Trinajstić information content (AvgIpc) is 2.22. The third-order valence-corrected chi connectivity index (χ3v) is 2.99. The van der Waals surface area contributed by atoms with Gasteiger partial charge in [0.1, 0.15) is 5.78 Å². The minimum absolute atomic E-state index is 0.130. The smallest absolute Gasteiger partial charge is 0.139 e. The first-order valence-electron chi connectivity index (χ1n) is 3.74. The predicted octanol–water partition coefficient (Wildman–Crippen LogP) is 1.77. The zero-order valence-corrected chi connectivity index (χ0v) is 5.81. The second-order valence-electron chi connectivity index (χ2n) is 3.80. The maximum Gasteiger partial charge on any atom is 0.139 e. The molecule has 2 bridgehead atoms. The summed E-state index contributed by atoms with van der Waals surface area (Å²) in [4.78, 5) is 11.2. The molecule has 1 heteroatoms. The van der Waals surface area contributed by atoms with Gasteiger partial charge in [-0.1, -0.05) is 6.92 Å². The Balaban J connectivity index is 2.32. The van der Waals surface area contributed by atoms with Crippen LogP contribution in [0.1, 0.15) is 32.6 Å². The summed E-state index contributed by atoms with van der Waals surface area (Å²) >= 11 is 0. The Bertz CT molecular complexity index is 162. The maximum absolute atomic E-state index is 11.2. The molecule has 1 nitrogen and oxygen atoms in total. The van der Waals surface area contributed by atoms with Crippen LogP contribution in [0.4, 0.5) is 0 Å². The Labute approximate surface area is 55.4 Å². The Kier molecular flexibility index (Phi) is 0.842. The molecule has 2 atom stereocenters. The molecule has 0 heterocycles. The zero-order valence-electron chi connectivity index (χ0n) is 5.81. The lowest BCUT2D eigenvalue weighted by atomic mass is 9.86. The molecule has 0 amide bonds. The van der Waals surface area contributed by atoms with Crippen molar-refractivity contribution in [2.45, 2.75) is 32.6 Å². The van der Waals surface area contributed by atoms with Crippen LogP contribution in [0.5, 0.6) is 0 Å². The van der Waals surface area contributed by atoms with E-state index >= 15 is 0 Å². The van der Waals surface area contributed by atoms with Gasteiger partial charge >= 0.3 is 0 Å². The summed E-state index contributed by atoms with van der Waals surface area (Å²) in [7, 11) is 0. The largest absolute Gasteiger partial charge is 0.299 e. The van der Waals surface area contributed by atoms with Gasteiger partial charge < -0.3 is 0 Å². The number of fused-ring (bicyclic) bond motifs is 2. The molecule has 0 N–H and O–H groups in total. The van der Waals surface area contributed by atoms with Crippen molar-refractivity contribution in [3.8, 4) is 0 Å². The molecule has 2 rings (SSSR count). The van der Waals surface area contributed by atoms with E-state index in [1.807, 2.05) is 0 Å². The summed E-state index contributed by atoms with van der Waals surface area (Å²) in [6, 6.07) is 0. The van der Waals surface area contributed by atoms with E-state index in [2.05, 4.69) is 6.92 Å². The van der Waals surface area contributed by atoms with Gasteiger partial charge in [-0.2, -0.15) is 0 Å². The molecule has 0 saturated heterocycles. The van der Waals surface area contributed by atoms with Crippen molar-refractivity contribution in [2.75, 3.05) is 0 Å². The van der Waals surface area contributed by atoms with Crippen LogP contribution >= 0.6 is 0 Å². The molecule has 0 aliphatic heterocycles. The lowest BCUT2D eigenvalue weighted by Crippen LogP contribution is -2.20. The molecular formula is C8H12O. The molecule has 0 aromatic rings. The molecule has 2 aliphatic rings. The van der Waals surface area contributed by atoms with Gasteiger partial charge in [0.15, 0.2) is 0 Å². The first-order chi connectivity index (χ1) is 4.21. The van der Waals surface area contributed by atoms with Gasteiger partial charge in [-0.05, 0) is 25.2 Å². The summed E-state index contributed by atoms with van der Waals surface area (Å²) in [5.41, 5.74) is 0.130. The number of hydrogen-bond donors (Lipinski definition) is 0. The standard InChI is InChI=1S/C8H12O/c1-8-3-2-6(5-8)4-7(8)9/h6H,2-5H2,1H3. The van der Waals surface area contributed by atoms with E-state index in [9.17, 15) is 4.79 Å².